The van der Waals surface area contributed by atoms with E-state index in [-0.39, 0.29) is 12.2 Å². The van der Waals surface area contributed by atoms with Crippen molar-refractivity contribution in [2.45, 2.75) is 52.7 Å². The van der Waals surface area contributed by atoms with E-state index in [2.05, 4.69) is 33.0 Å². The molecule has 0 spiro atoms. The molecule has 0 unspecified atom stereocenters. The van der Waals surface area contributed by atoms with E-state index in [9.17, 15) is 0 Å². The fraction of sp³-hybridized carbons (Fsp3) is 1.00. The molecule has 1 aliphatic heterocycles. The van der Waals surface area contributed by atoms with Gasteiger partial charge in [0.2, 0.25) is 0 Å². The average Bonchev–Trinajstić information content (AvgIpc) is 2.57. The largest absolute Gasteiger partial charge is 0.377 e. The van der Waals surface area contributed by atoms with Crippen molar-refractivity contribution < 1.29 is 23.7 Å². The summed E-state index contributed by atoms with van der Waals surface area (Å²) in [6.45, 7) is 15.5. The zero-order chi connectivity index (χ0) is 19.0. The molecule has 0 aromatic rings. The Morgan fingerprint density at radius 3 is 1.50 bits per heavy atom. The van der Waals surface area contributed by atoms with Crippen molar-refractivity contribution in [3.63, 3.8) is 0 Å². The molecule has 26 heavy (non-hydrogen) atoms. The molecular formula is C20H41NO5. The van der Waals surface area contributed by atoms with E-state index in [1.807, 2.05) is 0 Å². The monoisotopic (exact) mass is 375 g/mol. The number of rotatable bonds is 4. The minimum atomic E-state index is 0.144. The van der Waals surface area contributed by atoms with Crippen molar-refractivity contribution in [2.24, 2.45) is 11.8 Å². The molecule has 156 valence electrons. The Morgan fingerprint density at radius 2 is 1.08 bits per heavy atom. The van der Waals surface area contributed by atoms with E-state index in [0.717, 1.165) is 25.9 Å². The topological polar surface area (TPSA) is 58.2 Å². The van der Waals surface area contributed by atoms with Crippen LogP contribution in [0.15, 0.2) is 0 Å². The molecule has 1 rings (SSSR count). The van der Waals surface area contributed by atoms with E-state index in [4.69, 9.17) is 23.7 Å². The Morgan fingerprint density at radius 1 is 0.654 bits per heavy atom. The maximum atomic E-state index is 5.98. The highest BCUT2D eigenvalue weighted by molar-refractivity contribution is 4.62. The molecule has 0 aromatic carbocycles. The Bertz CT molecular complexity index is 287. The standard InChI is InChI=1S/C20H41NO5/c1-17(2)13-19-15-23-11-9-22-10-12-24-16-20(14-18(3)4)26-8-6-21-5-7-25-19/h17-21H,5-16H2,1-4H3/t19-,20-/m0/s1. The fourth-order valence-corrected chi connectivity index (χ4v) is 2.91. The first-order chi connectivity index (χ1) is 12.6. The van der Waals surface area contributed by atoms with Crippen LogP contribution in [0.4, 0.5) is 0 Å². The maximum absolute atomic E-state index is 5.98. The fourth-order valence-electron chi connectivity index (χ4n) is 2.91. The second-order valence-corrected chi connectivity index (χ2v) is 7.76. The summed E-state index contributed by atoms with van der Waals surface area (Å²) >= 11 is 0. The summed E-state index contributed by atoms with van der Waals surface area (Å²) < 4.78 is 29.0. The Labute approximate surface area is 160 Å². The normalized spacial score (nSPS) is 26.5. The summed E-state index contributed by atoms with van der Waals surface area (Å²) in [6.07, 6.45) is 2.31. The minimum absolute atomic E-state index is 0.144. The molecule has 6 nitrogen and oxygen atoms in total. The van der Waals surface area contributed by atoms with Gasteiger partial charge >= 0.3 is 0 Å². The quantitative estimate of drug-likeness (QED) is 0.815. The SMILES string of the molecule is CC(C)C[C@H]1COCCOCCOC[C@H](CC(C)C)OCCNCCO1. The van der Waals surface area contributed by atoms with Gasteiger partial charge in [0.1, 0.15) is 0 Å². The molecule has 6 heteroatoms. The third-order valence-corrected chi connectivity index (χ3v) is 4.08. The van der Waals surface area contributed by atoms with Gasteiger partial charge in [0, 0.05) is 13.1 Å². The zero-order valence-corrected chi connectivity index (χ0v) is 17.3. The summed E-state index contributed by atoms with van der Waals surface area (Å²) in [5.41, 5.74) is 0. The third-order valence-electron chi connectivity index (χ3n) is 4.08. The highest BCUT2D eigenvalue weighted by Crippen LogP contribution is 2.10. The lowest BCUT2D eigenvalue weighted by atomic mass is 10.1. The average molecular weight is 376 g/mol. The van der Waals surface area contributed by atoms with E-state index in [1.54, 1.807) is 0 Å². The van der Waals surface area contributed by atoms with Gasteiger partial charge in [-0.2, -0.15) is 0 Å². The van der Waals surface area contributed by atoms with Crippen molar-refractivity contribution in [1.82, 2.24) is 5.32 Å². The Kier molecular flexibility index (Phi) is 14.4. The predicted octanol–water partition coefficient (Wildman–Crippen LogP) is 2.50. The van der Waals surface area contributed by atoms with Crippen LogP contribution in [-0.4, -0.2) is 78.2 Å². The molecule has 0 amide bonds. The second kappa shape index (κ2) is 15.8. The highest BCUT2D eigenvalue weighted by Gasteiger charge is 2.13. The highest BCUT2D eigenvalue weighted by atomic mass is 16.6. The van der Waals surface area contributed by atoms with Crippen molar-refractivity contribution in [1.29, 1.82) is 0 Å². The molecule has 1 N–H and O–H groups in total. The van der Waals surface area contributed by atoms with Gasteiger partial charge in [-0.3, -0.25) is 0 Å². The van der Waals surface area contributed by atoms with Crippen LogP contribution in [-0.2, 0) is 23.7 Å². The Hall–Kier alpha value is -0.240. The summed E-state index contributed by atoms with van der Waals surface area (Å²) in [7, 11) is 0. The van der Waals surface area contributed by atoms with Gasteiger partial charge in [-0.1, -0.05) is 27.7 Å². The molecule has 0 bridgehead atoms. The first kappa shape index (κ1) is 23.8. The number of nitrogens with one attached hydrogen (secondary N) is 1. The summed E-state index contributed by atoms with van der Waals surface area (Å²) in [6, 6.07) is 0. The minimum Gasteiger partial charge on any atom is -0.377 e. The van der Waals surface area contributed by atoms with Crippen LogP contribution in [0.1, 0.15) is 40.5 Å². The molecule has 1 aliphatic rings. The number of ether oxygens (including phenoxy) is 5. The smallest absolute Gasteiger partial charge is 0.0811 e. The van der Waals surface area contributed by atoms with Crippen molar-refractivity contribution in [3.05, 3.63) is 0 Å². The zero-order valence-electron chi connectivity index (χ0n) is 17.3. The van der Waals surface area contributed by atoms with Gasteiger partial charge in [0.25, 0.3) is 0 Å². The summed E-state index contributed by atoms with van der Waals surface area (Å²) in [5.74, 6) is 1.18. The Balaban J connectivity index is 2.37. The lowest BCUT2D eigenvalue weighted by Crippen LogP contribution is -2.31. The molecule has 0 aliphatic carbocycles. The molecule has 0 radical (unpaired) electrons. The first-order valence-electron chi connectivity index (χ1n) is 10.2. The van der Waals surface area contributed by atoms with Crippen LogP contribution < -0.4 is 5.32 Å². The first-order valence-corrected chi connectivity index (χ1v) is 10.2. The summed E-state index contributed by atoms with van der Waals surface area (Å²) in [4.78, 5) is 0. The lowest BCUT2D eigenvalue weighted by molar-refractivity contribution is -0.0560. The van der Waals surface area contributed by atoms with Gasteiger partial charge in [0.05, 0.1) is 65.1 Å². The van der Waals surface area contributed by atoms with E-state index in [0.29, 0.717) is 64.7 Å². The van der Waals surface area contributed by atoms with Crippen LogP contribution in [0.5, 0.6) is 0 Å². The second-order valence-electron chi connectivity index (χ2n) is 7.76. The van der Waals surface area contributed by atoms with Gasteiger partial charge in [-0.05, 0) is 24.7 Å². The van der Waals surface area contributed by atoms with Gasteiger partial charge in [0.15, 0.2) is 0 Å². The van der Waals surface area contributed by atoms with Crippen molar-refractivity contribution in [2.75, 3.05) is 65.9 Å². The molecule has 1 fully saturated rings. The number of hydrogen-bond donors (Lipinski definition) is 1. The van der Waals surface area contributed by atoms with Crippen LogP contribution in [0, 0.1) is 11.8 Å². The van der Waals surface area contributed by atoms with Crippen LogP contribution in [0.3, 0.4) is 0 Å². The number of hydrogen-bond acceptors (Lipinski definition) is 6. The third kappa shape index (κ3) is 13.9. The van der Waals surface area contributed by atoms with E-state index >= 15 is 0 Å². The van der Waals surface area contributed by atoms with Crippen molar-refractivity contribution >= 4 is 0 Å². The van der Waals surface area contributed by atoms with Crippen LogP contribution >= 0.6 is 0 Å². The molecule has 0 aromatic heterocycles. The van der Waals surface area contributed by atoms with Gasteiger partial charge < -0.3 is 29.0 Å². The molecule has 2 atom stereocenters. The summed E-state index contributed by atoms with van der Waals surface area (Å²) in [5, 5.41) is 3.39. The van der Waals surface area contributed by atoms with Gasteiger partial charge in [-0.15, -0.1) is 0 Å². The van der Waals surface area contributed by atoms with E-state index < -0.39 is 0 Å². The van der Waals surface area contributed by atoms with Crippen LogP contribution in [0.25, 0.3) is 0 Å². The van der Waals surface area contributed by atoms with Gasteiger partial charge in [-0.25, -0.2) is 0 Å². The molecule has 0 saturated carbocycles. The van der Waals surface area contributed by atoms with Crippen molar-refractivity contribution in [3.8, 4) is 0 Å². The van der Waals surface area contributed by atoms with E-state index in [1.165, 1.54) is 0 Å². The molecular weight excluding hydrogens is 334 g/mol. The molecule has 1 saturated heterocycles. The lowest BCUT2D eigenvalue weighted by Gasteiger charge is -2.22. The maximum Gasteiger partial charge on any atom is 0.0811 e. The van der Waals surface area contributed by atoms with Crippen LogP contribution in [0.2, 0.25) is 0 Å². The molecule has 1 heterocycles. The predicted molar refractivity (Wildman–Crippen MR) is 104 cm³/mol.